The molecule has 2 nitrogen and oxygen atoms in total. The molecule has 84 valence electrons. The van der Waals surface area contributed by atoms with E-state index in [2.05, 4.69) is 17.4 Å². The SMILES string of the molecule is C/C=C/C=C/C(=O)NCCc1ccccc1. The summed E-state index contributed by atoms with van der Waals surface area (Å²) < 4.78 is 0. The van der Waals surface area contributed by atoms with Gasteiger partial charge in [-0.3, -0.25) is 4.79 Å². The minimum atomic E-state index is -0.0472. The molecule has 0 aliphatic rings. The maximum absolute atomic E-state index is 11.3. The number of carbonyl (C=O) groups is 1. The Morgan fingerprint density at radius 2 is 2.00 bits per heavy atom. The third-order valence-electron chi connectivity index (χ3n) is 2.11. The second kappa shape index (κ2) is 7.46. The molecule has 1 amide bonds. The topological polar surface area (TPSA) is 29.1 Å². The summed E-state index contributed by atoms with van der Waals surface area (Å²) in [6.07, 6.45) is 7.84. The molecule has 0 atom stereocenters. The summed E-state index contributed by atoms with van der Waals surface area (Å²) in [4.78, 5) is 11.3. The lowest BCUT2D eigenvalue weighted by molar-refractivity contribution is -0.116. The average molecular weight is 215 g/mol. The van der Waals surface area contributed by atoms with Crippen molar-refractivity contribution in [1.82, 2.24) is 5.32 Å². The molecule has 1 aromatic rings. The lowest BCUT2D eigenvalue weighted by atomic mass is 10.1. The Bertz CT molecular complexity index is 366. The van der Waals surface area contributed by atoms with E-state index in [0.717, 1.165) is 6.42 Å². The molecule has 0 aromatic heterocycles. The van der Waals surface area contributed by atoms with E-state index >= 15 is 0 Å². The van der Waals surface area contributed by atoms with Crippen molar-refractivity contribution in [2.24, 2.45) is 0 Å². The summed E-state index contributed by atoms with van der Waals surface area (Å²) in [5, 5.41) is 2.83. The van der Waals surface area contributed by atoms with Gasteiger partial charge in [0.05, 0.1) is 0 Å². The Morgan fingerprint density at radius 3 is 2.69 bits per heavy atom. The van der Waals surface area contributed by atoms with Crippen LogP contribution in [0.25, 0.3) is 0 Å². The van der Waals surface area contributed by atoms with Gasteiger partial charge < -0.3 is 5.32 Å². The molecular formula is C14H17NO. The van der Waals surface area contributed by atoms with Crippen LogP contribution in [0.1, 0.15) is 12.5 Å². The molecule has 0 fully saturated rings. The van der Waals surface area contributed by atoms with Crippen LogP contribution in [0, 0.1) is 0 Å². The summed E-state index contributed by atoms with van der Waals surface area (Å²) in [7, 11) is 0. The van der Waals surface area contributed by atoms with Crippen LogP contribution in [0.2, 0.25) is 0 Å². The molecule has 16 heavy (non-hydrogen) atoms. The Labute approximate surface area is 96.7 Å². The molecule has 0 bridgehead atoms. The monoisotopic (exact) mass is 215 g/mol. The van der Waals surface area contributed by atoms with Gasteiger partial charge in [0.15, 0.2) is 0 Å². The zero-order chi connectivity index (χ0) is 11.6. The van der Waals surface area contributed by atoms with Crippen LogP contribution in [0.5, 0.6) is 0 Å². The third-order valence-corrected chi connectivity index (χ3v) is 2.11. The maximum atomic E-state index is 11.3. The van der Waals surface area contributed by atoms with Crippen molar-refractivity contribution in [3.63, 3.8) is 0 Å². The highest BCUT2D eigenvalue weighted by atomic mass is 16.1. The summed E-state index contributed by atoms with van der Waals surface area (Å²) in [6.45, 7) is 2.58. The van der Waals surface area contributed by atoms with Crippen LogP contribution in [0.4, 0.5) is 0 Å². The lowest BCUT2D eigenvalue weighted by Crippen LogP contribution is -2.23. The molecule has 2 heteroatoms. The first-order valence-electron chi connectivity index (χ1n) is 5.44. The Hall–Kier alpha value is -1.83. The minimum absolute atomic E-state index is 0.0472. The highest BCUT2D eigenvalue weighted by Crippen LogP contribution is 1.97. The van der Waals surface area contributed by atoms with Crippen molar-refractivity contribution < 1.29 is 4.79 Å². The fraction of sp³-hybridized carbons (Fsp3) is 0.214. The number of allylic oxidation sites excluding steroid dienone is 3. The van der Waals surface area contributed by atoms with Crippen molar-refractivity contribution in [2.45, 2.75) is 13.3 Å². The normalized spacial score (nSPS) is 11.1. The van der Waals surface area contributed by atoms with Crippen LogP contribution in [-0.2, 0) is 11.2 Å². The van der Waals surface area contributed by atoms with Gasteiger partial charge in [-0.15, -0.1) is 0 Å². The number of hydrogen-bond donors (Lipinski definition) is 1. The highest BCUT2D eigenvalue weighted by Gasteiger charge is 1.94. The predicted molar refractivity (Wildman–Crippen MR) is 67.1 cm³/mol. The lowest BCUT2D eigenvalue weighted by Gasteiger charge is -2.01. The van der Waals surface area contributed by atoms with E-state index in [9.17, 15) is 4.79 Å². The van der Waals surface area contributed by atoms with Gasteiger partial charge in [-0.2, -0.15) is 0 Å². The second-order valence-electron chi connectivity index (χ2n) is 3.41. The van der Waals surface area contributed by atoms with Gasteiger partial charge in [-0.05, 0) is 18.9 Å². The zero-order valence-corrected chi connectivity index (χ0v) is 9.52. The predicted octanol–water partition coefficient (Wildman–Crippen LogP) is 2.48. The van der Waals surface area contributed by atoms with Gasteiger partial charge in [-0.1, -0.05) is 48.6 Å². The standard InChI is InChI=1S/C14H17NO/c1-2-3-5-10-14(16)15-12-11-13-8-6-4-7-9-13/h2-10H,11-12H2,1H3,(H,15,16)/b3-2+,10-5+. The highest BCUT2D eigenvalue weighted by molar-refractivity contribution is 5.87. The van der Waals surface area contributed by atoms with Gasteiger partial charge in [0, 0.05) is 12.6 Å². The Morgan fingerprint density at radius 1 is 1.25 bits per heavy atom. The van der Waals surface area contributed by atoms with Gasteiger partial charge in [0.1, 0.15) is 0 Å². The number of rotatable bonds is 5. The van der Waals surface area contributed by atoms with E-state index in [1.807, 2.05) is 37.3 Å². The van der Waals surface area contributed by atoms with Crippen molar-refractivity contribution in [3.8, 4) is 0 Å². The molecular weight excluding hydrogens is 198 g/mol. The maximum Gasteiger partial charge on any atom is 0.243 e. The van der Waals surface area contributed by atoms with E-state index in [1.54, 1.807) is 6.08 Å². The number of amides is 1. The van der Waals surface area contributed by atoms with Gasteiger partial charge in [0.2, 0.25) is 5.91 Å². The molecule has 1 N–H and O–H groups in total. The molecule has 0 saturated heterocycles. The Kier molecular flexibility index (Phi) is 5.71. The average Bonchev–Trinajstić information content (AvgIpc) is 2.31. The summed E-state index contributed by atoms with van der Waals surface area (Å²) in [5.41, 5.74) is 1.24. The molecule has 0 saturated carbocycles. The molecule has 1 rings (SSSR count). The molecule has 0 aliphatic carbocycles. The van der Waals surface area contributed by atoms with Crippen molar-refractivity contribution in [3.05, 3.63) is 60.2 Å². The molecule has 0 heterocycles. The van der Waals surface area contributed by atoms with Gasteiger partial charge in [-0.25, -0.2) is 0 Å². The van der Waals surface area contributed by atoms with Crippen molar-refractivity contribution >= 4 is 5.91 Å². The van der Waals surface area contributed by atoms with E-state index in [1.165, 1.54) is 11.6 Å². The largest absolute Gasteiger partial charge is 0.352 e. The number of carbonyl (C=O) groups excluding carboxylic acids is 1. The number of hydrogen-bond acceptors (Lipinski definition) is 1. The van der Waals surface area contributed by atoms with Crippen LogP contribution >= 0.6 is 0 Å². The van der Waals surface area contributed by atoms with Crippen molar-refractivity contribution in [1.29, 1.82) is 0 Å². The fourth-order valence-electron chi connectivity index (χ4n) is 1.29. The number of benzene rings is 1. The first-order valence-corrected chi connectivity index (χ1v) is 5.44. The molecule has 0 aliphatic heterocycles. The molecule has 0 radical (unpaired) electrons. The van der Waals surface area contributed by atoms with E-state index in [0.29, 0.717) is 6.54 Å². The smallest absolute Gasteiger partial charge is 0.243 e. The Balaban J connectivity index is 2.23. The first-order chi connectivity index (χ1) is 7.83. The molecule has 0 spiro atoms. The summed E-state index contributed by atoms with van der Waals surface area (Å²) in [5.74, 6) is -0.0472. The van der Waals surface area contributed by atoms with E-state index < -0.39 is 0 Å². The van der Waals surface area contributed by atoms with Crippen LogP contribution < -0.4 is 5.32 Å². The van der Waals surface area contributed by atoms with Crippen LogP contribution in [0.15, 0.2) is 54.6 Å². The van der Waals surface area contributed by atoms with E-state index in [4.69, 9.17) is 0 Å². The number of nitrogens with one attached hydrogen (secondary N) is 1. The summed E-state index contributed by atoms with van der Waals surface area (Å²) >= 11 is 0. The second-order valence-corrected chi connectivity index (χ2v) is 3.41. The van der Waals surface area contributed by atoms with Gasteiger partial charge >= 0.3 is 0 Å². The van der Waals surface area contributed by atoms with E-state index in [-0.39, 0.29) is 5.91 Å². The van der Waals surface area contributed by atoms with Crippen molar-refractivity contribution in [2.75, 3.05) is 6.54 Å². The van der Waals surface area contributed by atoms with Crippen LogP contribution in [0.3, 0.4) is 0 Å². The zero-order valence-electron chi connectivity index (χ0n) is 9.52. The molecule has 1 aromatic carbocycles. The molecule has 0 unspecified atom stereocenters. The minimum Gasteiger partial charge on any atom is -0.352 e. The first kappa shape index (κ1) is 12.2. The fourth-order valence-corrected chi connectivity index (χ4v) is 1.29. The summed E-state index contributed by atoms with van der Waals surface area (Å²) in [6, 6.07) is 10.1. The van der Waals surface area contributed by atoms with Crippen LogP contribution in [-0.4, -0.2) is 12.5 Å². The quantitative estimate of drug-likeness (QED) is 0.593. The third kappa shape index (κ3) is 5.15. The van der Waals surface area contributed by atoms with Gasteiger partial charge in [0.25, 0.3) is 0 Å².